The minimum absolute atomic E-state index is 0.0173. The molecule has 0 heterocycles. The number of rotatable bonds is 1. The van der Waals surface area contributed by atoms with E-state index < -0.39 is 28.9 Å². The maximum absolute atomic E-state index is 12.8. The second-order valence-electron chi connectivity index (χ2n) is 2.52. The predicted octanol–water partition coefficient (Wildman–Crippen LogP) is 1.68. The number of aryl methyl sites for hydroxylation is 1. The Labute approximate surface area is 72.2 Å². The summed E-state index contributed by atoms with van der Waals surface area (Å²) in [5.74, 6) is -5.50. The van der Waals surface area contributed by atoms with Gasteiger partial charge in [0, 0.05) is 0 Å². The van der Waals surface area contributed by atoms with Crippen molar-refractivity contribution in [2.24, 2.45) is 0 Å². The summed E-state index contributed by atoms with van der Waals surface area (Å²) in [4.78, 5) is 10.3. The van der Waals surface area contributed by atoms with Crippen LogP contribution in [0.3, 0.4) is 0 Å². The second kappa shape index (κ2) is 3.01. The van der Waals surface area contributed by atoms with Crippen molar-refractivity contribution in [2.75, 3.05) is 0 Å². The zero-order chi connectivity index (χ0) is 10.2. The highest BCUT2D eigenvalue weighted by Crippen LogP contribution is 2.25. The van der Waals surface area contributed by atoms with Crippen LogP contribution in [0.4, 0.5) is 8.78 Å². The number of hydrogen-bond acceptors (Lipinski definition) is 2. The van der Waals surface area contributed by atoms with E-state index in [1.54, 1.807) is 0 Å². The first-order valence-electron chi connectivity index (χ1n) is 3.36. The van der Waals surface area contributed by atoms with Gasteiger partial charge < -0.3 is 10.2 Å². The lowest BCUT2D eigenvalue weighted by molar-refractivity contribution is 0.0690. The van der Waals surface area contributed by atoms with Gasteiger partial charge in [-0.3, -0.25) is 0 Å². The van der Waals surface area contributed by atoms with Gasteiger partial charge in [0.05, 0.1) is 5.56 Å². The van der Waals surface area contributed by atoms with Crippen molar-refractivity contribution in [3.8, 4) is 5.75 Å². The van der Waals surface area contributed by atoms with E-state index in [4.69, 9.17) is 10.2 Å². The molecule has 13 heavy (non-hydrogen) atoms. The summed E-state index contributed by atoms with van der Waals surface area (Å²) in [6.07, 6.45) is 0. The van der Waals surface area contributed by atoms with E-state index in [9.17, 15) is 13.6 Å². The van der Waals surface area contributed by atoms with Crippen molar-refractivity contribution in [3.63, 3.8) is 0 Å². The summed E-state index contributed by atoms with van der Waals surface area (Å²) in [6.45, 7) is 1.28. The lowest BCUT2D eigenvalue weighted by atomic mass is 10.1. The Morgan fingerprint density at radius 1 is 1.38 bits per heavy atom. The number of aromatic carboxylic acids is 1. The van der Waals surface area contributed by atoms with Crippen LogP contribution in [0, 0.1) is 18.6 Å². The molecule has 0 aromatic heterocycles. The van der Waals surface area contributed by atoms with Gasteiger partial charge in [-0.1, -0.05) is 0 Å². The van der Waals surface area contributed by atoms with Gasteiger partial charge in [-0.15, -0.1) is 0 Å². The first-order valence-corrected chi connectivity index (χ1v) is 3.36. The molecule has 0 fully saturated rings. The van der Waals surface area contributed by atoms with Gasteiger partial charge in [0.1, 0.15) is 0 Å². The van der Waals surface area contributed by atoms with Crippen LogP contribution in [0.15, 0.2) is 6.07 Å². The van der Waals surface area contributed by atoms with E-state index in [1.807, 2.05) is 0 Å². The molecule has 0 atom stereocenters. The van der Waals surface area contributed by atoms with E-state index in [2.05, 4.69) is 0 Å². The molecule has 1 aromatic carbocycles. The molecule has 0 saturated heterocycles. The van der Waals surface area contributed by atoms with Crippen LogP contribution in [0.1, 0.15) is 15.9 Å². The molecule has 0 aliphatic carbocycles. The number of hydrogen-bond donors (Lipinski definition) is 2. The molecule has 1 aromatic rings. The lowest BCUT2D eigenvalue weighted by Crippen LogP contribution is -2.04. The summed E-state index contributed by atoms with van der Waals surface area (Å²) < 4.78 is 25.5. The first-order chi connectivity index (χ1) is 5.95. The smallest absolute Gasteiger partial charge is 0.338 e. The fraction of sp³-hybridized carbons (Fsp3) is 0.125. The number of carboxylic acid groups (broad SMARTS) is 1. The highest BCUT2D eigenvalue weighted by atomic mass is 19.2. The van der Waals surface area contributed by atoms with Gasteiger partial charge in [-0.2, -0.15) is 4.39 Å². The number of carbonyl (C=O) groups is 1. The third-order valence-electron chi connectivity index (χ3n) is 1.60. The van der Waals surface area contributed by atoms with E-state index in [-0.39, 0.29) is 5.56 Å². The monoisotopic (exact) mass is 188 g/mol. The normalized spacial score (nSPS) is 10.1. The van der Waals surface area contributed by atoms with Crippen molar-refractivity contribution in [3.05, 3.63) is 28.8 Å². The molecule has 0 aliphatic heterocycles. The van der Waals surface area contributed by atoms with Crippen LogP contribution in [0.5, 0.6) is 5.75 Å². The second-order valence-corrected chi connectivity index (χ2v) is 2.52. The van der Waals surface area contributed by atoms with Gasteiger partial charge in [0.15, 0.2) is 11.6 Å². The molecule has 3 nitrogen and oxygen atoms in total. The lowest BCUT2D eigenvalue weighted by Gasteiger charge is -2.03. The maximum Gasteiger partial charge on any atom is 0.338 e. The molecule has 0 saturated carbocycles. The molecule has 0 amide bonds. The molecular weight excluding hydrogens is 182 g/mol. The van der Waals surface area contributed by atoms with Crippen LogP contribution in [-0.2, 0) is 0 Å². The highest BCUT2D eigenvalue weighted by molar-refractivity contribution is 5.88. The van der Waals surface area contributed by atoms with Crippen LogP contribution in [0.2, 0.25) is 0 Å². The fourth-order valence-electron chi connectivity index (χ4n) is 0.899. The topological polar surface area (TPSA) is 57.5 Å². The van der Waals surface area contributed by atoms with Crippen LogP contribution in [0.25, 0.3) is 0 Å². The molecule has 0 bridgehead atoms. The third kappa shape index (κ3) is 1.44. The molecule has 5 heteroatoms. The Morgan fingerprint density at radius 2 is 1.92 bits per heavy atom. The summed E-state index contributed by atoms with van der Waals surface area (Å²) in [7, 11) is 0. The number of phenolic OH excluding ortho intramolecular Hbond substituents is 1. The zero-order valence-corrected chi connectivity index (χ0v) is 6.64. The van der Waals surface area contributed by atoms with Crippen LogP contribution in [-0.4, -0.2) is 16.2 Å². The maximum atomic E-state index is 12.8. The Kier molecular flexibility index (Phi) is 2.18. The van der Waals surface area contributed by atoms with Crippen molar-refractivity contribution >= 4 is 5.97 Å². The zero-order valence-electron chi connectivity index (χ0n) is 6.64. The van der Waals surface area contributed by atoms with E-state index in [1.165, 1.54) is 6.92 Å². The number of halogens is 2. The molecule has 0 unspecified atom stereocenters. The Morgan fingerprint density at radius 3 is 2.38 bits per heavy atom. The highest BCUT2D eigenvalue weighted by Gasteiger charge is 2.19. The third-order valence-corrected chi connectivity index (χ3v) is 1.60. The molecule has 0 aliphatic rings. The summed E-state index contributed by atoms with van der Waals surface area (Å²) >= 11 is 0. The average molecular weight is 188 g/mol. The van der Waals surface area contributed by atoms with Gasteiger partial charge >= 0.3 is 5.97 Å². The number of phenols is 1. The molecule has 70 valence electrons. The Hall–Kier alpha value is -1.65. The van der Waals surface area contributed by atoms with Crippen molar-refractivity contribution in [2.45, 2.75) is 6.92 Å². The summed E-state index contributed by atoms with van der Waals surface area (Å²) in [5.41, 5.74) is -0.802. The van der Waals surface area contributed by atoms with Crippen molar-refractivity contribution < 1.29 is 23.8 Å². The van der Waals surface area contributed by atoms with E-state index in [0.717, 1.165) is 6.07 Å². The number of carboxylic acids is 1. The predicted molar refractivity (Wildman–Crippen MR) is 39.7 cm³/mol. The first kappa shape index (κ1) is 9.44. The van der Waals surface area contributed by atoms with Gasteiger partial charge in [0.2, 0.25) is 5.82 Å². The standard InChI is InChI=1S/C8H6F2O3/c1-3-2-4(8(12)13)5(9)6(10)7(3)11/h2,11H,1H3,(H,12,13). The van der Waals surface area contributed by atoms with Gasteiger partial charge in [-0.05, 0) is 18.6 Å². The minimum atomic E-state index is -1.57. The number of aromatic hydroxyl groups is 1. The van der Waals surface area contributed by atoms with Crippen LogP contribution >= 0.6 is 0 Å². The quantitative estimate of drug-likeness (QED) is 0.704. The average Bonchev–Trinajstić information content (AvgIpc) is 2.07. The SMILES string of the molecule is Cc1cc(C(=O)O)c(F)c(F)c1O. The Bertz CT molecular complexity index is 374. The molecule has 1 rings (SSSR count). The van der Waals surface area contributed by atoms with Gasteiger partial charge in [-0.25, -0.2) is 9.18 Å². The van der Waals surface area contributed by atoms with Gasteiger partial charge in [0.25, 0.3) is 0 Å². The molecular formula is C8H6F2O3. The molecule has 2 N–H and O–H groups in total. The fourth-order valence-corrected chi connectivity index (χ4v) is 0.899. The summed E-state index contributed by atoms with van der Waals surface area (Å²) in [6, 6.07) is 0.871. The van der Waals surface area contributed by atoms with Crippen molar-refractivity contribution in [1.29, 1.82) is 0 Å². The molecule has 0 radical (unpaired) electrons. The van der Waals surface area contributed by atoms with Crippen molar-refractivity contribution in [1.82, 2.24) is 0 Å². The molecule has 0 spiro atoms. The Balaban J connectivity index is 3.50. The minimum Gasteiger partial charge on any atom is -0.505 e. The summed E-state index contributed by atoms with van der Waals surface area (Å²) in [5, 5.41) is 17.3. The van der Waals surface area contributed by atoms with E-state index >= 15 is 0 Å². The van der Waals surface area contributed by atoms with Crippen LogP contribution < -0.4 is 0 Å². The number of benzene rings is 1. The largest absolute Gasteiger partial charge is 0.505 e. The van der Waals surface area contributed by atoms with E-state index in [0.29, 0.717) is 0 Å².